The Morgan fingerprint density at radius 1 is 1.21 bits per heavy atom. The van der Waals surface area contributed by atoms with Crippen LogP contribution in [0.3, 0.4) is 0 Å². The molecule has 2 aliphatic rings. The number of ether oxygens (including phenoxy) is 1. The zero-order valence-corrected chi connectivity index (χ0v) is 12.0. The Bertz CT molecular complexity index is 295. The van der Waals surface area contributed by atoms with E-state index in [0.29, 0.717) is 12.6 Å². The highest BCUT2D eigenvalue weighted by atomic mass is 16.5. The Morgan fingerprint density at radius 2 is 2.00 bits per heavy atom. The number of carbonyl (C=O) groups is 1. The zero-order valence-electron chi connectivity index (χ0n) is 12.0. The Hall–Kier alpha value is -0.610. The highest BCUT2D eigenvalue weighted by Crippen LogP contribution is 2.37. The fraction of sp³-hybridized carbons (Fsp3) is 0.933. The molecule has 4 heteroatoms. The van der Waals surface area contributed by atoms with E-state index in [1.165, 1.54) is 25.7 Å². The summed E-state index contributed by atoms with van der Waals surface area (Å²) in [6.45, 7) is 4.32. The molecule has 1 N–H and O–H groups in total. The lowest BCUT2D eigenvalue weighted by atomic mass is 9.76. The van der Waals surface area contributed by atoms with Crippen LogP contribution in [0.2, 0.25) is 0 Å². The summed E-state index contributed by atoms with van der Waals surface area (Å²) in [4.78, 5) is 13.7. The molecule has 2 fully saturated rings. The molecule has 1 saturated carbocycles. The maximum Gasteiger partial charge on any atom is 0.320 e. The van der Waals surface area contributed by atoms with Crippen LogP contribution in [0.15, 0.2) is 0 Å². The third-order valence-corrected chi connectivity index (χ3v) is 4.63. The van der Waals surface area contributed by atoms with E-state index in [2.05, 4.69) is 11.8 Å². The first-order valence-corrected chi connectivity index (χ1v) is 7.80. The minimum Gasteiger partial charge on any atom is -0.480 e. The molecular formula is C15H27NO3. The van der Waals surface area contributed by atoms with Crippen molar-refractivity contribution in [2.24, 2.45) is 5.92 Å². The van der Waals surface area contributed by atoms with Gasteiger partial charge in [-0.1, -0.05) is 19.8 Å². The molecule has 3 atom stereocenters. The highest BCUT2D eigenvalue weighted by molar-refractivity contribution is 5.73. The van der Waals surface area contributed by atoms with Crippen LogP contribution in [0.25, 0.3) is 0 Å². The first-order chi connectivity index (χ1) is 9.24. The second-order valence-electron chi connectivity index (χ2n) is 5.89. The number of hydrogen-bond donors (Lipinski definition) is 1. The standard InChI is InChI=1S/C15H27NO3/c1-2-10-19-11-9-16-13-6-4-3-5-12(13)7-8-14(16)15(17)18/h12-14H,2-11H2,1H3,(H,17,18). The Kier molecular flexibility index (Phi) is 5.64. The van der Waals surface area contributed by atoms with Crippen LogP contribution in [0, 0.1) is 5.92 Å². The summed E-state index contributed by atoms with van der Waals surface area (Å²) in [5.74, 6) is 0.0649. The van der Waals surface area contributed by atoms with Gasteiger partial charge in [0.15, 0.2) is 0 Å². The molecular weight excluding hydrogens is 242 g/mol. The first-order valence-electron chi connectivity index (χ1n) is 7.80. The van der Waals surface area contributed by atoms with Gasteiger partial charge in [0.2, 0.25) is 0 Å². The summed E-state index contributed by atoms with van der Waals surface area (Å²) in [5, 5.41) is 9.42. The largest absolute Gasteiger partial charge is 0.480 e. The fourth-order valence-corrected chi connectivity index (χ4v) is 3.73. The average Bonchev–Trinajstić information content (AvgIpc) is 2.43. The van der Waals surface area contributed by atoms with Crippen LogP contribution in [-0.2, 0) is 9.53 Å². The topological polar surface area (TPSA) is 49.8 Å². The quantitative estimate of drug-likeness (QED) is 0.753. The van der Waals surface area contributed by atoms with Crippen LogP contribution in [0.1, 0.15) is 51.9 Å². The number of hydrogen-bond acceptors (Lipinski definition) is 3. The van der Waals surface area contributed by atoms with E-state index in [4.69, 9.17) is 4.74 Å². The molecule has 0 radical (unpaired) electrons. The highest BCUT2D eigenvalue weighted by Gasteiger charge is 2.40. The number of carboxylic acids is 1. The van der Waals surface area contributed by atoms with Gasteiger partial charge in [0.05, 0.1) is 6.61 Å². The van der Waals surface area contributed by atoms with Gasteiger partial charge in [0, 0.05) is 19.2 Å². The Morgan fingerprint density at radius 3 is 2.74 bits per heavy atom. The fourth-order valence-electron chi connectivity index (χ4n) is 3.73. The van der Waals surface area contributed by atoms with Crippen molar-refractivity contribution in [1.82, 2.24) is 4.90 Å². The number of nitrogens with zero attached hydrogens (tertiary/aromatic N) is 1. The van der Waals surface area contributed by atoms with Gasteiger partial charge in [-0.05, 0) is 38.0 Å². The van der Waals surface area contributed by atoms with Crippen molar-refractivity contribution in [3.05, 3.63) is 0 Å². The number of likely N-dealkylation sites (tertiary alicyclic amines) is 1. The van der Waals surface area contributed by atoms with E-state index in [0.717, 1.165) is 38.3 Å². The summed E-state index contributed by atoms with van der Waals surface area (Å²) in [7, 11) is 0. The van der Waals surface area contributed by atoms with E-state index < -0.39 is 5.97 Å². The molecule has 0 aromatic heterocycles. The minimum atomic E-state index is -0.653. The Balaban J connectivity index is 1.95. The van der Waals surface area contributed by atoms with Gasteiger partial charge >= 0.3 is 5.97 Å². The van der Waals surface area contributed by atoms with E-state index in [-0.39, 0.29) is 6.04 Å². The molecule has 2 rings (SSSR count). The van der Waals surface area contributed by atoms with Crippen LogP contribution >= 0.6 is 0 Å². The number of piperidine rings is 1. The van der Waals surface area contributed by atoms with Crippen LogP contribution in [0.4, 0.5) is 0 Å². The van der Waals surface area contributed by atoms with Crippen LogP contribution in [-0.4, -0.2) is 47.8 Å². The monoisotopic (exact) mass is 269 g/mol. The molecule has 1 saturated heterocycles. The number of fused-ring (bicyclic) bond motifs is 1. The van der Waals surface area contributed by atoms with Gasteiger partial charge in [0.25, 0.3) is 0 Å². The van der Waals surface area contributed by atoms with Crippen molar-refractivity contribution in [2.45, 2.75) is 64.0 Å². The molecule has 1 aliphatic carbocycles. The third kappa shape index (κ3) is 3.69. The smallest absolute Gasteiger partial charge is 0.320 e. The van der Waals surface area contributed by atoms with Gasteiger partial charge in [0.1, 0.15) is 6.04 Å². The van der Waals surface area contributed by atoms with Crippen molar-refractivity contribution in [1.29, 1.82) is 0 Å². The zero-order chi connectivity index (χ0) is 13.7. The van der Waals surface area contributed by atoms with Gasteiger partial charge in [-0.25, -0.2) is 0 Å². The van der Waals surface area contributed by atoms with Crippen molar-refractivity contribution < 1.29 is 14.6 Å². The second kappa shape index (κ2) is 7.25. The van der Waals surface area contributed by atoms with E-state index >= 15 is 0 Å². The van der Waals surface area contributed by atoms with Gasteiger partial charge in [-0.3, -0.25) is 9.69 Å². The van der Waals surface area contributed by atoms with Crippen molar-refractivity contribution in [3.8, 4) is 0 Å². The van der Waals surface area contributed by atoms with Gasteiger partial charge < -0.3 is 9.84 Å². The second-order valence-corrected chi connectivity index (χ2v) is 5.89. The number of aliphatic carboxylic acids is 1. The van der Waals surface area contributed by atoms with Crippen LogP contribution < -0.4 is 0 Å². The molecule has 19 heavy (non-hydrogen) atoms. The molecule has 4 nitrogen and oxygen atoms in total. The molecule has 0 aromatic rings. The van der Waals surface area contributed by atoms with Gasteiger partial charge in [-0.2, -0.15) is 0 Å². The summed E-state index contributed by atoms with van der Waals surface area (Å²) < 4.78 is 5.56. The molecule has 110 valence electrons. The van der Waals surface area contributed by atoms with Gasteiger partial charge in [-0.15, -0.1) is 0 Å². The van der Waals surface area contributed by atoms with E-state index in [9.17, 15) is 9.90 Å². The predicted octanol–water partition coefficient (Wildman–Crippen LogP) is 2.52. The minimum absolute atomic E-state index is 0.287. The first kappa shape index (κ1) is 14.8. The molecule has 3 unspecified atom stereocenters. The summed E-state index contributed by atoms with van der Waals surface area (Å²) in [5.41, 5.74) is 0. The summed E-state index contributed by atoms with van der Waals surface area (Å²) >= 11 is 0. The molecule has 1 aliphatic heterocycles. The van der Waals surface area contributed by atoms with Crippen molar-refractivity contribution >= 4 is 5.97 Å². The maximum atomic E-state index is 11.4. The van der Waals surface area contributed by atoms with Crippen LogP contribution in [0.5, 0.6) is 0 Å². The Labute approximate surface area is 116 Å². The number of carboxylic acid groups (broad SMARTS) is 1. The molecule has 0 aromatic carbocycles. The average molecular weight is 269 g/mol. The van der Waals surface area contributed by atoms with Crippen molar-refractivity contribution in [3.63, 3.8) is 0 Å². The lowest BCUT2D eigenvalue weighted by Gasteiger charge is -2.47. The van der Waals surface area contributed by atoms with E-state index in [1.54, 1.807) is 0 Å². The number of rotatable bonds is 6. The lowest BCUT2D eigenvalue weighted by molar-refractivity contribution is -0.148. The van der Waals surface area contributed by atoms with Crippen molar-refractivity contribution in [2.75, 3.05) is 19.8 Å². The molecule has 0 bridgehead atoms. The van der Waals surface area contributed by atoms with E-state index in [1.807, 2.05) is 0 Å². The normalized spacial score (nSPS) is 31.9. The predicted molar refractivity (Wildman–Crippen MR) is 74.2 cm³/mol. The maximum absolute atomic E-state index is 11.4. The summed E-state index contributed by atoms with van der Waals surface area (Å²) in [6, 6.07) is 0.193. The summed E-state index contributed by atoms with van der Waals surface area (Å²) in [6.07, 6.45) is 7.94. The molecule has 0 spiro atoms. The molecule has 1 heterocycles. The molecule has 0 amide bonds. The lowest BCUT2D eigenvalue weighted by Crippen LogP contribution is -2.55. The third-order valence-electron chi connectivity index (χ3n) is 4.63. The SMILES string of the molecule is CCCOCCN1C(C(=O)O)CCC2CCCCC21.